The van der Waals surface area contributed by atoms with Gasteiger partial charge in [0.25, 0.3) is 5.56 Å². The fourth-order valence-corrected chi connectivity index (χ4v) is 2.07. The second-order valence-electron chi connectivity index (χ2n) is 4.96. The van der Waals surface area contributed by atoms with E-state index in [1.54, 1.807) is 0 Å². The number of nitrogens with zero attached hydrogens (tertiary/aromatic N) is 3. The average Bonchev–Trinajstić information content (AvgIpc) is 2.55. The smallest absolute Gasteiger partial charge is 0.284 e. The van der Waals surface area contributed by atoms with Crippen LogP contribution in [0.3, 0.4) is 0 Å². The maximum Gasteiger partial charge on any atom is 0.284 e. The number of hydrogen-bond acceptors (Lipinski definition) is 4. The van der Waals surface area contributed by atoms with Crippen LogP contribution in [0, 0.1) is 11.3 Å². The maximum absolute atomic E-state index is 12.0. The van der Waals surface area contributed by atoms with Gasteiger partial charge in [-0.1, -0.05) is 13.8 Å². The molecule has 0 saturated heterocycles. The normalized spacial score (nSPS) is 10.2. The highest BCUT2D eigenvalue weighted by molar-refractivity contribution is 5.61. The predicted molar refractivity (Wildman–Crippen MR) is 84.7 cm³/mol. The Bertz CT molecular complexity index is 727. The minimum atomic E-state index is -0.337. The van der Waals surface area contributed by atoms with Gasteiger partial charge in [-0.2, -0.15) is 10.4 Å². The molecule has 0 saturated carbocycles. The zero-order chi connectivity index (χ0) is 15.9. The molecule has 2 aromatic rings. The molecule has 0 spiro atoms. The lowest BCUT2D eigenvalue weighted by Gasteiger charge is -2.08. The zero-order valence-electron chi connectivity index (χ0n) is 12.9. The van der Waals surface area contributed by atoms with E-state index >= 15 is 0 Å². The molecule has 22 heavy (non-hydrogen) atoms. The van der Waals surface area contributed by atoms with Gasteiger partial charge in [-0.05, 0) is 43.2 Å². The Balaban J connectivity index is 2.37. The third kappa shape index (κ3) is 3.53. The summed E-state index contributed by atoms with van der Waals surface area (Å²) in [6.45, 7) is 5.20. The maximum atomic E-state index is 12.0. The van der Waals surface area contributed by atoms with Crippen molar-refractivity contribution in [1.82, 2.24) is 9.78 Å². The first-order chi connectivity index (χ1) is 10.7. The number of rotatable bonds is 6. The highest BCUT2D eigenvalue weighted by atomic mass is 16.5. The first-order valence-corrected chi connectivity index (χ1v) is 7.45. The van der Waals surface area contributed by atoms with Gasteiger partial charge in [0.1, 0.15) is 17.4 Å². The summed E-state index contributed by atoms with van der Waals surface area (Å²) >= 11 is 0. The van der Waals surface area contributed by atoms with E-state index in [0.717, 1.165) is 24.2 Å². The molecular formula is C17H19N3O2. The molecule has 5 heteroatoms. The van der Waals surface area contributed by atoms with Crippen molar-refractivity contribution in [3.05, 3.63) is 46.2 Å². The standard InChI is InChI=1S/C17H19N3O2/c1-3-9-20-17(21)14(12-18)11-16(19-20)13-5-7-15(8-6-13)22-10-4-2/h5-8,11H,3-4,9-10H2,1-2H3. The van der Waals surface area contributed by atoms with Gasteiger partial charge in [0.2, 0.25) is 0 Å². The Kier molecular flexibility index (Phi) is 5.31. The van der Waals surface area contributed by atoms with Crippen molar-refractivity contribution in [3.8, 4) is 23.1 Å². The SMILES string of the molecule is CCCOc1ccc(-c2cc(C#N)c(=O)n(CCC)n2)cc1. The van der Waals surface area contributed by atoms with E-state index in [2.05, 4.69) is 12.0 Å². The minimum absolute atomic E-state index is 0.116. The second-order valence-corrected chi connectivity index (χ2v) is 4.96. The largest absolute Gasteiger partial charge is 0.494 e. The van der Waals surface area contributed by atoms with Crippen molar-refractivity contribution in [2.75, 3.05) is 6.61 Å². The van der Waals surface area contributed by atoms with Crippen LogP contribution in [0.1, 0.15) is 32.3 Å². The molecule has 0 aliphatic carbocycles. The summed E-state index contributed by atoms with van der Waals surface area (Å²) in [6.07, 6.45) is 1.74. The molecule has 0 amide bonds. The highest BCUT2D eigenvalue weighted by Crippen LogP contribution is 2.20. The molecule has 1 aromatic heterocycles. The van der Waals surface area contributed by atoms with Crippen molar-refractivity contribution in [1.29, 1.82) is 5.26 Å². The van der Waals surface area contributed by atoms with Gasteiger partial charge in [-0.25, -0.2) is 4.68 Å². The second kappa shape index (κ2) is 7.41. The fourth-order valence-electron chi connectivity index (χ4n) is 2.07. The summed E-state index contributed by atoms with van der Waals surface area (Å²) in [4.78, 5) is 12.0. The molecule has 0 aliphatic rings. The molecule has 1 heterocycles. The van der Waals surface area contributed by atoms with Gasteiger partial charge in [0.15, 0.2) is 0 Å². The number of hydrogen-bond donors (Lipinski definition) is 0. The van der Waals surface area contributed by atoms with Crippen molar-refractivity contribution in [2.24, 2.45) is 0 Å². The lowest BCUT2D eigenvalue weighted by atomic mass is 10.1. The Hall–Kier alpha value is -2.61. The van der Waals surface area contributed by atoms with E-state index in [-0.39, 0.29) is 11.1 Å². The average molecular weight is 297 g/mol. The van der Waals surface area contributed by atoms with E-state index in [0.29, 0.717) is 18.8 Å². The molecule has 2 rings (SSSR count). The van der Waals surface area contributed by atoms with E-state index in [1.807, 2.05) is 37.3 Å². The van der Waals surface area contributed by atoms with E-state index in [1.165, 1.54) is 10.7 Å². The highest BCUT2D eigenvalue weighted by Gasteiger charge is 2.09. The monoisotopic (exact) mass is 297 g/mol. The molecule has 5 nitrogen and oxygen atoms in total. The Morgan fingerprint density at radius 3 is 2.55 bits per heavy atom. The lowest BCUT2D eigenvalue weighted by Crippen LogP contribution is -2.25. The summed E-state index contributed by atoms with van der Waals surface area (Å²) in [5.74, 6) is 0.799. The van der Waals surface area contributed by atoms with Crippen LogP contribution in [0.25, 0.3) is 11.3 Å². The zero-order valence-corrected chi connectivity index (χ0v) is 12.9. The first kappa shape index (κ1) is 15.8. The van der Waals surface area contributed by atoms with Gasteiger partial charge in [0.05, 0.1) is 12.3 Å². The summed E-state index contributed by atoms with van der Waals surface area (Å²) < 4.78 is 6.90. The molecule has 0 radical (unpaired) electrons. The number of nitriles is 1. The lowest BCUT2D eigenvalue weighted by molar-refractivity contribution is 0.317. The summed E-state index contributed by atoms with van der Waals surface area (Å²) in [6, 6.07) is 11.0. The molecule has 0 unspecified atom stereocenters. The molecule has 1 aromatic carbocycles. The van der Waals surface area contributed by atoms with Crippen LogP contribution in [0.15, 0.2) is 35.1 Å². The van der Waals surface area contributed by atoms with Gasteiger partial charge >= 0.3 is 0 Å². The van der Waals surface area contributed by atoms with Crippen LogP contribution in [-0.4, -0.2) is 16.4 Å². The van der Waals surface area contributed by atoms with Gasteiger partial charge < -0.3 is 4.74 Å². The van der Waals surface area contributed by atoms with Gasteiger partial charge in [-0.3, -0.25) is 4.79 Å². The Morgan fingerprint density at radius 2 is 1.95 bits per heavy atom. The number of aromatic nitrogens is 2. The van der Waals surface area contributed by atoms with E-state index in [4.69, 9.17) is 10.00 Å². The quantitative estimate of drug-likeness (QED) is 0.822. The summed E-state index contributed by atoms with van der Waals surface area (Å²) in [5, 5.41) is 13.5. The van der Waals surface area contributed by atoms with Crippen LogP contribution >= 0.6 is 0 Å². The summed E-state index contributed by atoms with van der Waals surface area (Å²) in [5.41, 5.74) is 1.25. The van der Waals surface area contributed by atoms with Crippen molar-refractivity contribution in [3.63, 3.8) is 0 Å². The van der Waals surface area contributed by atoms with Crippen LogP contribution in [0.2, 0.25) is 0 Å². The number of aryl methyl sites for hydroxylation is 1. The van der Waals surface area contributed by atoms with Crippen LogP contribution in [0.5, 0.6) is 5.75 Å². The van der Waals surface area contributed by atoms with Crippen LogP contribution in [0.4, 0.5) is 0 Å². The molecule has 0 N–H and O–H groups in total. The van der Waals surface area contributed by atoms with Crippen molar-refractivity contribution < 1.29 is 4.74 Å². The minimum Gasteiger partial charge on any atom is -0.494 e. The molecule has 0 aliphatic heterocycles. The van der Waals surface area contributed by atoms with Crippen LogP contribution < -0.4 is 10.3 Å². The fraction of sp³-hybridized carbons (Fsp3) is 0.353. The summed E-state index contributed by atoms with van der Waals surface area (Å²) in [7, 11) is 0. The van der Waals surface area contributed by atoms with Crippen molar-refractivity contribution >= 4 is 0 Å². The van der Waals surface area contributed by atoms with Crippen LogP contribution in [-0.2, 0) is 6.54 Å². The van der Waals surface area contributed by atoms with Gasteiger partial charge in [-0.15, -0.1) is 0 Å². The van der Waals surface area contributed by atoms with Crippen molar-refractivity contribution in [2.45, 2.75) is 33.2 Å². The Labute approximate surface area is 129 Å². The number of benzene rings is 1. The Morgan fingerprint density at radius 1 is 1.23 bits per heavy atom. The topological polar surface area (TPSA) is 67.9 Å². The first-order valence-electron chi connectivity index (χ1n) is 7.45. The molecular weight excluding hydrogens is 278 g/mol. The molecule has 0 bridgehead atoms. The third-order valence-corrected chi connectivity index (χ3v) is 3.15. The third-order valence-electron chi connectivity index (χ3n) is 3.15. The molecule has 0 fully saturated rings. The molecule has 0 atom stereocenters. The van der Waals surface area contributed by atoms with E-state index in [9.17, 15) is 4.79 Å². The van der Waals surface area contributed by atoms with Gasteiger partial charge in [0, 0.05) is 12.1 Å². The molecule has 114 valence electrons. The predicted octanol–water partition coefficient (Wildman–Crippen LogP) is 2.98. The number of ether oxygens (including phenoxy) is 1. The van der Waals surface area contributed by atoms with E-state index < -0.39 is 0 Å².